The normalized spacial score (nSPS) is 14.0. The van der Waals surface area contributed by atoms with Gasteiger partial charge in [-0.15, -0.1) is 0 Å². The Hall–Kier alpha value is -6.26. The van der Waals surface area contributed by atoms with Crippen molar-refractivity contribution in [1.29, 1.82) is 0 Å². The van der Waals surface area contributed by atoms with Crippen LogP contribution >= 0.6 is 0 Å². The molecule has 0 aliphatic carbocycles. The van der Waals surface area contributed by atoms with Crippen LogP contribution in [0.25, 0.3) is 27.4 Å². The summed E-state index contributed by atoms with van der Waals surface area (Å²) in [5, 5.41) is 3.40. The first-order chi connectivity index (χ1) is 24.3. The largest absolute Gasteiger partial charge is 0.339 e. The van der Waals surface area contributed by atoms with Gasteiger partial charge in [0.05, 0.1) is 16.9 Å². The highest BCUT2D eigenvalue weighted by molar-refractivity contribution is 7.00. The number of carbonyl (C=O) groups excluding carboxylic acids is 1. The van der Waals surface area contributed by atoms with Gasteiger partial charge in [-0.25, -0.2) is 9.69 Å². The summed E-state index contributed by atoms with van der Waals surface area (Å²) in [7, 11) is 0. The molecule has 1 aromatic heterocycles. The van der Waals surface area contributed by atoms with E-state index in [1.165, 1.54) is 10.9 Å². The van der Waals surface area contributed by atoms with Gasteiger partial charge in [-0.3, -0.25) is 9.47 Å². The highest BCUT2D eigenvalue weighted by Gasteiger charge is 2.49. The molecule has 11 rings (SSSR count). The Morgan fingerprint density at radius 2 is 1.04 bits per heavy atom. The number of nitrogens with zero attached hydrogens (tertiary/aromatic N) is 3. The Morgan fingerprint density at radius 3 is 1.78 bits per heavy atom. The van der Waals surface area contributed by atoms with E-state index in [-0.39, 0.29) is 19.5 Å². The standard InChI is InChI=1S/C43H27B2N3O/c49-43-47-37-23-13-11-21-33(37)44(29-14-4-1-5-15-29)34-26-24-28-25-27-35-41(38(28)40(34)47)48(43)42-39(45(35)30-16-6-2-7-17-30)32-20-10-12-22-36(32)46(42)31-18-8-3-9-19-31/h1-27H. The van der Waals surface area contributed by atoms with E-state index in [0.29, 0.717) is 0 Å². The number of hydrogen-bond acceptors (Lipinski definition) is 1. The maximum Gasteiger partial charge on any atom is 0.339 e. The van der Waals surface area contributed by atoms with Crippen LogP contribution in [0.2, 0.25) is 0 Å². The van der Waals surface area contributed by atoms with E-state index in [9.17, 15) is 0 Å². The number of urea groups is 1. The molecule has 226 valence electrons. The van der Waals surface area contributed by atoms with Crippen LogP contribution in [0, 0.1) is 0 Å². The fraction of sp³-hybridized carbons (Fsp3) is 0. The molecule has 0 spiro atoms. The maximum atomic E-state index is 15.7. The van der Waals surface area contributed by atoms with Gasteiger partial charge in [-0.1, -0.05) is 150 Å². The maximum absolute atomic E-state index is 15.7. The Morgan fingerprint density at radius 1 is 0.469 bits per heavy atom. The second-order valence-electron chi connectivity index (χ2n) is 13.2. The predicted octanol–water partition coefficient (Wildman–Crippen LogP) is 5.85. The molecular weight excluding hydrogens is 596 g/mol. The molecule has 2 amide bonds. The second kappa shape index (κ2) is 9.88. The molecule has 8 aromatic rings. The number of carbonyl (C=O) groups is 1. The first-order valence-corrected chi connectivity index (χ1v) is 16.9. The minimum atomic E-state index is -0.0716. The second-order valence-corrected chi connectivity index (χ2v) is 13.2. The van der Waals surface area contributed by atoms with Crippen LogP contribution in [-0.2, 0) is 0 Å². The molecular formula is C43H27B2N3O. The average molecular weight is 623 g/mol. The zero-order chi connectivity index (χ0) is 32.2. The Kier molecular flexibility index (Phi) is 5.40. The molecule has 6 heteroatoms. The molecule has 0 atom stereocenters. The topological polar surface area (TPSA) is 28.5 Å². The molecule has 0 fully saturated rings. The smallest absolute Gasteiger partial charge is 0.296 e. The van der Waals surface area contributed by atoms with Crippen molar-refractivity contribution in [3.63, 3.8) is 0 Å². The molecule has 3 aliphatic rings. The lowest BCUT2D eigenvalue weighted by Gasteiger charge is -2.46. The zero-order valence-electron chi connectivity index (χ0n) is 26.5. The summed E-state index contributed by atoms with van der Waals surface area (Å²) in [6, 6.07) is 58.0. The van der Waals surface area contributed by atoms with E-state index in [1.807, 2.05) is 15.9 Å². The van der Waals surface area contributed by atoms with Gasteiger partial charge in [0, 0.05) is 16.8 Å². The summed E-state index contributed by atoms with van der Waals surface area (Å²) in [5.41, 5.74) is 12.1. The van der Waals surface area contributed by atoms with E-state index in [4.69, 9.17) is 0 Å². The quantitative estimate of drug-likeness (QED) is 0.227. The number of hydrogen-bond donors (Lipinski definition) is 0. The fourth-order valence-electron chi connectivity index (χ4n) is 8.92. The van der Waals surface area contributed by atoms with Crippen LogP contribution in [0.5, 0.6) is 0 Å². The van der Waals surface area contributed by atoms with Gasteiger partial charge in [0.1, 0.15) is 5.82 Å². The third-order valence-corrected chi connectivity index (χ3v) is 10.8. The number of rotatable bonds is 3. The van der Waals surface area contributed by atoms with Crippen molar-refractivity contribution in [3.05, 3.63) is 164 Å². The fourth-order valence-corrected chi connectivity index (χ4v) is 8.92. The average Bonchev–Trinajstić information content (AvgIpc) is 3.51. The molecule has 4 nitrogen and oxygen atoms in total. The van der Waals surface area contributed by atoms with E-state index in [0.717, 1.165) is 72.1 Å². The van der Waals surface area contributed by atoms with Crippen LogP contribution in [0.15, 0.2) is 164 Å². The third-order valence-electron chi connectivity index (χ3n) is 10.8. The van der Waals surface area contributed by atoms with Crippen molar-refractivity contribution in [3.8, 4) is 5.69 Å². The van der Waals surface area contributed by atoms with Crippen molar-refractivity contribution < 1.29 is 4.79 Å². The van der Waals surface area contributed by atoms with Gasteiger partial charge in [0.15, 0.2) is 0 Å². The molecule has 0 saturated heterocycles. The van der Waals surface area contributed by atoms with Crippen molar-refractivity contribution in [2.24, 2.45) is 0 Å². The van der Waals surface area contributed by atoms with E-state index >= 15 is 4.79 Å². The van der Waals surface area contributed by atoms with Crippen LogP contribution in [0.3, 0.4) is 0 Å². The van der Waals surface area contributed by atoms with E-state index in [1.54, 1.807) is 0 Å². The van der Waals surface area contributed by atoms with Crippen LogP contribution in [0.1, 0.15) is 0 Å². The van der Waals surface area contributed by atoms with Gasteiger partial charge in [0.25, 0.3) is 0 Å². The van der Waals surface area contributed by atoms with Crippen LogP contribution in [-0.4, -0.2) is 24.0 Å². The van der Waals surface area contributed by atoms with Crippen LogP contribution in [0.4, 0.5) is 27.7 Å². The summed E-state index contributed by atoms with van der Waals surface area (Å²) in [5.74, 6) is 0.907. The predicted molar refractivity (Wildman–Crippen MR) is 206 cm³/mol. The number of aromatic nitrogens is 1. The van der Waals surface area contributed by atoms with Crippen molar-refractivity contribution >= 4 is 96.8 Å². The number of para-hydroxylation sites is 3. The number of benzene rings is 7. The van der Waals surface area contributed by atoms with Gasteiger partial charge in [-0.2, -0.15) is 0 Å². The van der Waals surface area contributed by atoms with E-state index < -0.39 is 0 Å². The Balaban J connectivity index is 1.33. The molecule has 7 aromatic carbocycles. The molecule has 0 saturated carbocycles. The lowest BCUT2D eigenvalue weighted by Crippen LogP contribution is -2.64. The first kappa shape index (κ1) is 26.8. The van der Waals surface area contributed by atoms with Gasteiger partial charge in [-0.05, 0) is 56.9 Å². The van der Waals surface area contributed by atoms with Gasteiger partial charge in [0.2, 0.25) is 13.4 Å². The van der Waals surface area contributed by atoms with Crippen molar-refractivity contribution in [2.75, 3.05) is 9.80 Å². The third kappa shape index (κ3) is 3.47. The summed E-state index contributed by atoms with van der Waals surface area (Å²) in [6.45, 7) is -0.0687. The van der Waals surface area contributed by atoms with Crippen LogP contribution < -0.4 is 42.6 Å². The lowest BCUT2D eigenvalue weighted by atomic mass is 9.34. The Labute approximate surface area is 284 Å². The SMILES string of the molecule is O=C1N2c3ccccc3B(c3ccccc3)c3ccc4ccc5c(c4c32)N1c1c(c2ccccc2n1-c1ccccc1)B5c1ccccc1. The van der Waals surface area contributed by atoms with E-state index in [2.05, 4.69) is 162 Å². The highest BCUT2D eigenvalue weighted by atomic mass is 16.2. The minimum Gasteiger partial charge on any atom is -0.296 e. The van der Waals surface area contributed by atoms with Crippen molar-refractivity contribution in [1.82, 2.24) is 4.57 Å². The monoisotopic (exact) mass is 623 g/mol. The molecule has 49 heavy (non-hydrogen) atoms. The molecule has 4 heterocycles. The summed E-state index contributed by atoms with van der Waals surface area (Å²) >= 11 is 0. The number of anilines is 4. The summed E-state index contributed by atoms with van der Waals surface area (Å²) in [4.78, 5) is 19.7. The molecule has 0 bridgehead atoms. The van der Waals surface area contributed by atoms with Crippen molar-refractivity contribution in [2.45, 2.75) is 0 Å². The molecule has 0 radical (unpaired) electrons. The molecule has 0 N–H and O–H groups in total. The first-order valence-electron chi connectivity index (χ1n) is 16.9. The minimum absolute atomic E-state index is 0.00287. The summed E-state index contributed by atoms with van der Waals surface area (Å²) < 4.78 is 2.30. The van der Waals surface area contributed by atoms with Gasteiger partial charge < -0.3 is 0 Å². The molecule has 0 unspecified atom stereocenters. The highest BCUT2D eigenvalue weighted by Crippen LogP contribution is 2.48. The Bertz CT molecular complexity index is 2650. The number of amides is 2. The summed E-state index contributed by atoms with van der Waals surface area (Å²) in [6.07, 6.45) is 0. The number of fused-ring (bicyclic) bond motifs is 6. The van der Waals surface area contributed by atoms with Gasteiger partial charge >= 0.3 is 6.03 Å². The molecule has 3 aliphatic heterocycles. The zero-order valence-corrected chi connectivity index (χ0v) is 26.5. The lowest BCUT2D eigenvalue weighted by molar-refractivity contribution is 0.255.